The van der Waals surface area contributed by atoms with Crippen LogP contribution < -0.4 is 10.5 Å². The second-order valence-electron chi connectivity index (χ2n) is 6.52. The van der Waals surface area contributed by atoms with E-state index in [1.54, 1.807) is 12.1 Å². The Kier molecular flexibility index (Phi) is 3.86. The summed E-state index contributed by atoms with van der Waals surface area (Å²) in [6, 6.07) is 3.34. The normalized spacial score (nSPS) is 22.1. The van der Waals surface area contributed by atoms with Gasteiger partial charge in [0, 0.05) is 11.7 Å². The van der Waals surface area contributed by atoms with Crippen LogP contribution in [0.1, 0.15) is 44.2 Å². The minimum Gasteiger partial charge on any atom is -0.399 e. The summed E-state index contributed by atoms with van der Waals surface area (Å²) in [5.41, 5.74) is 7.96. The number of benzene rings is 1. The fourth-order valence-corrected chi connectivity index (χ4v) is 4.72. The van der Waals surface area contributed by atoms with Gasteiger partial charge in [-0.05, 0) is 55.4 Å². The Bertz CT molecular complexity index is 621. The smallest absolute Gasteiger partial charge is 0.241 e. The molecule has 2 rings (SSSR count). The monoisotopic (exact) mass is 296 g/mol. The predicted octanol–water partition coefficient (Wildman–Crippen LogP) is 2.74. The number of aryl methyl sites for hydroxylation is 1. The average molecular weight is 296 g/mol. The lowest BCUT2D eigenvalue weighted by Crippen LogP contribution is -2.41. The Labute approximate surface area is 121 Å². The molecule has 1 aliphatic carbocycles. The number of sulfonamides is 1. The highest BCUT2D eigenvalue weighted by Gasteiger charge is 2.37. The van der Waals surface area contributed by atoms with Gasteiger partial charge in [-0.25, -0.2) is 13.1 Å². The van der Waals surface area contributed by atoms with Crippen molar-refractivity contribution in [3.05, 3.63) is 23.3 Å². The third-order valence-corrected chi connectivity index (χ3v) is 6.08. The third kappa shape index (κ3) is 2.83. The topological polar surface area (TPSA) is 72.2 Å². The van der Waals surface area contributed by atoms with E-state index in [1.807, 2.05) is 13.8 Å². The van der Waals surface area contributed by atoms with Crippen molar-refractivity contribution in [3.8, 4) is 0 Å². The molecule has 4 nitrogen and oxygen atoms in total. The van der Waals surface area contributed by atoms with Crippen LogP contribution in [0.15, 0.2) is 17.0 Å². The van der Waals surface area contributed by atoms with E-state index in [-0.39, 0.29) is 11.5 Å². The second-order valence-corrected chi connectivity index (χ2v) is 8.20. The minimum atomic E-state index is -3.52. The molecule has 0 heterocycles. The molecule has 0 spiro atoms. The quantitative estimate of drug-likeness (QED) is 0.842. The van der Waals surface area contributed by atoms with Crippen LogP contribution >= 0.6 is 0 Å². The molecular weight excluding hydrogens is 272 g/mol. The first kappa shape index (κ1) is 15.3. The van der Waals surface area contributed by atoms with Gasteiger partial charge in [-0.3, -0.25) is 0 Å². The minimum absolute atomic E-state index is 0.00589. The lowest BCUT2D eigenvalue weighted by atomic mass is 9.88. The first-order chi connectivity index (χ1) is 9.13. The maximum Gasteiger partial charge on any atom is 0.241 e. The van der Waals surface area contributed by atoms with Gasteiger partial charge in [0.25, 0.3) is 0 Å². The predicted molar refractivity (Wildman–Crippen MR) is 82.1 cm³/mol. The molecule has 1 aromatic carbocycles. The van der Waals surface area contributed by atoms with Gasteiger partial charge in [-0.1, -0.05) is 20.3 Å². The average Bonchev–Trinajstić information content (AvgIpc) is 2.62. The van der Waals surface area contributed by atoms with E-state index in [4.69, 9.17) is 5.73 Å². The molecule has 3 N–H and O–H groups in total. The standard InChI is InChI=1S/C15H24N2O2S/c1-10-8-12(16)9-13(11(10)2)20(18,19)17-14-6-5-7-15(14,3)4/h8-9,14,17H,5-7,16H2,1-4H3. The molecule has 1 atom stereocenters. The number of hydrogen-bond acceptors (Lipinski definition) is 3. The first-order valence-corrected chi connectivity index (χ1v) is 8.51. The Morgan fingerprint density at radius 3 is 2.50 bits per heavy atom. The van der Waals surface area contributed by atoms with Crippen molar-refractivity contribution < 1.29 is 8.42 Å². The maximum atomic E-state index is 12.6. The molecule has 0 aliphatic heterocycles. The van der Waals surface area contributed by atoms with Gasteiger partial charge >= 0.3 is 0 Å². The Morgan fingerprint density at radius 1 is 1.30 bits per heavy atom. The van der Waals surface area contributed by atoms with E-state index in [1.165, 1.54) is 0 Å². The second kappa shape index (κ2) is 5.04. The highest BCUT2D eigenvalue weighted by molar-refractivity contribution is 7.89. The van der Waals surface area contributed by atoms with Crippen LogP contribution in [0.25, 0.3) is 0 Å². The van der Waals surface area contributed by atoms with Crippen LogP contribution in [-0.4, -0.2) is 14.5 Å². The molecule has 112 valence electrons. The van der Waals surface area contributed by atoms with Crippen LogP contribution in [-0.2, 0) is 10.0 Å². The highest BCUT2D eigenvalue weighted by atomic mass is 32.2. The summed E-state index contributed by atoms with van der Waals surface area (Å²) in [6.07, 6.45) is 3.01. The molecule has 5 heteroatoms. The molecule has 0 saturated heterocycles. The van der Waals surface area contributed by atoms with E-state index in [9.17, 15) is 8.42 Å². The molecule has 1 saturated carbocycles. The molecule has 0 bridgehead atoms. The van der Waals surface area contributed by atoms with Gasteiger partial charge in [0.1, 0.15) is 0 Å². The SMILES string of the molecule is Cc1cc(N)cc(S(=O)(=O)NC2CCCC2(C)C)c1C. The van der Waals surface area contributed by atoms with E-state index in [0.29, 0.717) is 10.6 Å². The van der Waals surface area contributed by atoms with E-state index in [0.717, 1.165) is 30.4 Å². The largest absolute Gasteiger partial charge is 0.399 e. The fraction of sp³-hybridized carbons (Fsp3) is 0.600. The maximum absolute atomic E-state index is 12.6. The lowest BCUT2D eigenvalue weighted by Gasteiger charge is -2.28. The summed E-state index contributed by atoms with van der Waals surface area (Å²) < 4.78 is 28.1. The zero-order valence-electron chi connectivity index (χ0n) is 12.7. The molecule has 0 radical (unpaired) electrons. The molecule has 20 heavy (non-hydrogen) atoms. The van der Waals surface area contributed by atoms with Crippen molar-refractivity contribution in [2.75, 3.05) is 5.73 Å². The molecule has 1 unspecified atom stereocenters. The van der Waals surface area contributed by atoms with Gasteiger partial charge in [0.05, 0.1) is 4.90 Å². The van der Waals surface area contributed by atoms with Crippen molar-refractivity contribution in [2.45, 2.75) is 57.9 Å². The van der Waals surface area contributed by atoms with Crippen LogP contribution in [0.5, 0.6) is 0 Å². The van der Waals surface area contributed by atoms with Gasteiger partial charge in [-0.15, -0.1) is 0 Å². The van der Waals surface area contributed by atoms with Crippen molar-refractivity contribution in [3.63, 3.8) is 0 Å². The summed E-state index contributed by atoms with van der Waals surface area (Å²) in [7, 11) is -3.52. The highest BCUT2D eigenvalue weighted by Crippen LogP contribution is 2.38. The number of nitrogens with one attached hydrogen (secondary N) is 1. The number of nitrogen functional groups attached to an aromatic ring is 1. The van der Waals surface area contributed by atoms with Crippen molar-refractivity contribution in [1.29, 1.82) is 0 Å². The van der Waals surface area contributed by atoms with E-state index >= 15 is 0 Å². The first-order valence-electron chi connectivity index (χ1n) is 7.02. The van der Waals surface area contributed by atoms with Gasteiger partial charge in [-0.2, -0.15) is 0 Å². The van der Waals surface area contributed by atoms with Gasteiger partial charge < -0.3 is 5.73 Å². The number of rotatable bonds is 3. The van der Waals surface area contributed by atoms with E-state index in [2.05, 4.69) is 18.6 Å². The summed E-state index contributed by atoms with van der Waals surface area (Å²) in [6.45, 7) is 7.93. The molecule has 1 fully saturated rings. The number of hydrogen-bond donors (Lipinski definition) is 2. The molecule has 1 aromatic rings. The third-order valence-electron chi connectivity index (χ3n) is 4.49. The number of nitrogens with two attached hydrogens (primary N) is 1. The molecule has 0 aromatic heterocycles. The molecule has 1 aliphatic rings. The van der Waals surface area contributed by atoms with Crippen molar-refractivity contribution in [2.24, 2.45) is 5.41 Å². The summed E-state index contributed by atoms with van der Waals surface area (Å²) >= 11 is 0. The van der Waals surface area contributed by atoms with Crippen LogP contribution in [0.4, 0.5) is 5.69 Å². The van der Waals surface area contributed by atoms with Crippen LogP contribution in [0.2, 0.25) is 0 Å². The fourth-order valence-electron chi connectivity index (χ4n) is 2.93. The molecule has 0 amide bonds. The van der Waals surface area contributed by atoms with Crippen molar-refractivity contribution >= 4 is 15.7 Å². The Hall–Kier alpha value is -1.07. The van der Waals surface area contributed by atoms with Crippen molar-refractivity contribution in [1.82, 2.24) is 4.72 Å². The summed E-state index contributed by atoms with van der Waals surface area (Å²) in [4.78, 5) is 0.303. The van der Waals surface area contributed by atoms with Gasteiger partial charge in [0.2, 0.25) is 10.0 Å². The zero-order chi connectivity index (χ0) is 15.1. The number of anilines is 1. The summed E-state index contributed by atoms with van der Waals surface area (Å²) in [5.74, 6) is 0. The van der Waals surface area contributed by atoms with Gasteiger partial charge in [0.15, 0.2) is 0 Å². The summed E-state index contributed by atoms with van der Waals surface area (Å²) in [5, 5.41) is 0. The van der Waals surface area contributed by atoms with Crippen LogP contribution in [0.3, 0.4) is 0 Å². The lowest BCUT2D eigenvalue weighted by molar-refractivity contribution is 0.313. The molecular formula is C15H24N2O2S. The zero-order valence-corrected chi connectivity index (χ0v) is 13.5. The van der Waals surface area contributed by atoms with E-state index < -0.39 is 10.0 Å². The Morgan fingerprint density at radius 2 is 1.95 bits per heavy atom. The van der Waals surface area contributed by atoms with Crippen LogP contribution in [0, 0.1) is 19.3 Å². The Balaban J connectivity index is 2.37.